The molecule has 0 aliphatic heterocycles. The summed E-state index contributed by atoms with van der Waals surface area (Å²) in [7, 11) is 0. The summed E-state index contributed by atoms with van der Waals surface area (Å²) in [5.74, 6) is -0.295. The minimum absolute atomic E-state index is 0.130. The summed E-state index contributed by atoms with van der Waals surface area (Å²) in [5.41, 5.74) is 0. The van der Waals surface area contributed by atoms with Crippen LogP contribution in [0.5, 0.6) is 0 Å². The Morgan fingerprint density at radius 3 is 2.73 bits per heavy atom. The fraction of sp³-hybridized carbons (Fsp3) is 0.556. The Morgan fingerprint density at radius 1 is 1.55 bits per heavy atom. The molecule has 1 rings (SSSR count). The zero-order chi connectivity index (χ0) is 8.10. The van der Waals surface area contributed by atoms with Gasteiger partial charge in [-0.3, -0.25) is 0 Å². The van der Waals surface area contributed by atoms with E-state index in [1.165, 1.54) is 6.08 Å². The van der Waals surface area contributed by atoms with Crippen molar-refractivity contribution in [1.29, 1.82) is 0 Å². The van der Waals surface area contributed by atoms with Gasteiger partial charge in [-0.25, -0.2) is 4.79 Å². The molecule has 0 aromatic carbocycles. The first kappa shape index (κ1) is 8.31. The molecule has 1 aliphatic rings. The number of hydrogen-bond acceptors (Lipinski definition) is 2. The first-order valence-electron chi connectivity index (χ1n) is 3.97. The Kier molecular flexibility index (Phi) is 3.14. The Morgan fingerprint density at radius 2 is 2.18 bits per heavy atom. The number of esters is 1. The van der Waals surface area contributed by atoms with Crippen LogP contribution < -0.4 is 0 Å². The van der Waals surface area contributed by atoms with E-state index in [4.69, 9.17) is 4.74 Å². The number of carbonyl (C=O) groups excluding carboxylic acids is 1. The highest BCUT2D eigenvalue weighted by atomic mass is 16.5. The average molecular weight is 153 g/mol. The number of hydrogen-bond donors (Lipinski definition) is 0. The van der Waals surface area contributed by atoms with Crippen LogP contribution in [0.2, 0.25) is 0 Å². The lowest BCUT2D eigenvalue weighted by Gasteiger charge is -2.20. The van der Waals surface area contributed by atoms with Gasteiger partial charge in [-0.2, -0.15) is 0 Å². The Labute approximate surface area is 67.2 Å². The van der Waals surface area contributed by atoms with Gasteiger partial charge >= 0.3 is 5.97 Å². The largest absolute Gasteiger partial charge is 0.459 e. The molecule has 0 aromatic heterocycles. The van der Waals surface area contributed by atoms with Crippen molar-refractivity contribution in [1.82, 2.24) is 0 Å². The molecule has 0 spiro atoms. The van der Waals surface area contributed by atoms with E-state index in [0.29, 0.717) is 0 Å². The van der Waals surface area contributed by atoms with Crippen LogP contribution in [0, 0.1) is 6.42 Å². The molecule has 0 atom stereocenters. The molecular weight excluding hydrogens is 140 g/mol. The summed E-state index contributed by atoms with van der Waals surface area (Å²) in [6.45, 7) is 3.34. The Bertz CT molecular complexity index is 146. The van der Waals surface area contributed by atoms with Gasteiger partial charge in [0.25, 0.3) is 0 Å². The molecular formula is C9H13O2. The zero-order valence-corrected chi connectivity index (χ0v) is 6.58. The summed E-state index contributed by atoms with van der Waals surface area (Å²) in [5, 5.41) is 0. The van der Waals surface area contributed by atoms with Crippen LogP contribution in [-0.4, -0.2) is 12.1 Å². The lowest BCUT2D eigenvalue weighted by Crippen LogP contribution is -2.19. The third kappa shape index (κ3) is 2.74. The number of rotatable bonds is 2. The fourth-order valence-corrected chi connectivity index (χ4v) is 1.23. The topological polar surface area (TPSA) is 26.3 Å². The second-order valence-corrected chi connectivity index (χ2v) is 2.71. The van der Waals surface area contributed by atoms with Crippen LogP contribution in [0.25, 0.3) is 0 Å². The van der Waals surface area contributed by atoms with Gasteiger partial charge in [0.05, 0.1) is 0 Å². The zero-order valence-electron chi connectivity index (χ0n) is 6.58. The Hall–Kier alpha value is -0.790. The molecule has 0 heterocycles. The third-order valence-corrected chi connectivity index (χ3v) is 1.84. The predicted octanol–water partition coefficient (Wildman–Crippen LogP) is 1.86. The lowest BCUT2D eigenvalue weighted by atomic mass is 9.98. The van der Waals surface area contributed by atoms with Gasteiger partial charge in [-0.1, -0.05) is 6.58 Å². The molecule has 0 saturated heterocycles. The van der Waals surface area contributed by atoms with Crippen molar-refractivity contribution in [3.8, 4) is 0 Å². The van der Waals surface area contributed by atoms with Gasteiger partial charge in [0, 0.05) is 6.08 Å². The van der Waals surface area contributed by atoms with Gasteiger partial charge in [-0.05, 0) is 32.1 Å². The first-order chi connectivity index (χ1) is 5.33. The van der Waals surface area contributed by atoms with Crippen molar-refractivity contribution in [2.75, 3.05) is 0 Å². The summed E-state index contributed by atoms with van der Waals surface area (Å²) < 4.78 is 5.06. The molecule has 11 heavy (non-hydrogen) atoms. The molecule has 0 aromatic rings. The normalized spacial score (nSPS) is 19.3. The van der Waals surface area contributed by atoms with E-state index in [2.05, 4.69) is 13.0 Å². The lowest BCUT2D eigenvalue weighted by molar-refractivity contribution is -0.143. The molecule has 0 amide bonds. The van der Waals surface area contributed by atoms with Crippen molar-refractivity contribution in [3.63, 3.8) is 0 Å². The van der Waals surface area contributed by atoms with Crippen LogP contribution in [0.15, 0.2) is 12.7 Å². The van der Waals surface area contributed by atoms with E-state index in [1.54, 1.807) is 0 Å². The standard InChI is InChI=1S/C9H13O2/c1-2-9(10)11-8-6-4-3-5-7-8/h2-3,8H,1,4-7H2. The van der Waals surface area contributed by atoms with E-state index in [0.717, 1.165) is 25.7 Å². The molecule has 2 nitrogen and oxygen atoms in total. The van der Waals surface area contributed by atoms with Gasteiger partial charge < -0.3 is 4.74 Å². The van der Waals surface area contributed by atoms with E-state index < -0.39 is 0 Å². The molecule has 0 bridgehead atoms. The van der Waals surface area contributed by atoms with Crippen molar-refractivity contribution < 1.29 is 9.53 Å². The quantitative estimate of drug-likeness (QED) is 0.447. The maximum atomic E-state index is 10.7. The Balaban J connectivity index is 2.24. The second kappa shape index (κ2) is 4.16. The molecule has 1 aliphatic carbocycles. The average Bonchev–Trinajstić information content (AvgIpc) is 2.06. The molecule has 61 valence electrons. The van der Waals surface area contributed by atoms with E-state index in [1.807, 2.05) is 0 Å². The molecule has 1 saturated carbocycles. The monoisotopic (exact) mass is 153 g/mol. The van der Waals surface area contributed by atoms with Crippen LogP contribution in [0.1, 0.15) is 25.7 Å². The van der Waals surface area contributed by atoms with E-state index in [-0.39, 0.29) is 12.1 Å². The minimum Gasteiger partial charge on any atom is -0.459 e. The number of ether oxygens (including phenoxy) is 1. The van der Waals surface area contributed by atoms with Crippen molar-refractivity contribution in [3.05, 3.63) is 19.1 Å². The maximum absolute atomic E-state index is 10.7. The minimum atomic E-state index is -0.295. The van der Waals surface area contributed by atoms with Crippen molar-refractivity contribution in [2.24, 2.45) is 0 Å². The van der Waals surface area contributed by atoms with Crippen molar-refractivity contribution >= 4 is 5.97 Å². The predicted molar refractivity (Wildman–Crippen MR) is 42.8 cm³/mol. The fourth-order valence-electron chi connectivity index (χ4n) is 1.23. The molecule has 2 heteroatoms. The van der Waals surface area contributed by atoms with Gasteiger partial charge in [-0.15, -0.1) is 0 Å². The van der Waals surface area contributed by atoms with Crippen molar-refractivity contribution in [2.45, 2.75) is 31.8 Å². The third-order valence-electron chi connectivity index (χ3n) is 1.84. The molecule has 0 N–H and O–H groups in total. The highest BCUT2D eigenvalue weighted by molar-refractivity contribution is 5.81. The summed E-state index contributed by atoms with van der Waals surface area (Å²) in [4.78, 5) is 10.7. The maximum Gasteiger partial charge on any atom is 0.330 e. The first-order valence-corrected chi connectivity index (χ1v) is 3.97. The van der Waals surface area contributed by atoms with Gasteiger partial charge in [0.15, 0.2) is 0 Å². The van der Waals surface area contributed by atoms with E-state index >= 15 is 0 Å². The molecule has 0 unspecified atom stereocenters. The SMILES string of the molecule is C=CC(=O)OC1CC[CH]CC1. The summed E-state index contributed by atoms with van der Waals surface area (Å²) in [6.07, 6.45) is 7.66. The summed E-state index contributed by atoms with van der Waals surface area (Å²) >= 11 is 0. The van der Waals surface area contributed by atoms with Crippen LogP contribution >= 0.6 is 0 Å². The summed E-state index contributed by atoms with van der Waals surface area (Å²) in [6, 6.07) is 0. The number of carbonyl (C=O) groups is 1. The second-order valence-electron chi connectivity index (χ2n) is 2.71. The van der Waals surface area contributed by atoms with Crippen LogP contribution in [0.3, 0.4) is 0 Å². The van der Waals surface area contributed by atoms with Gasteiger partial charge in [0.2, 0.25) is 0 Å². The highest BCUT2D eigenvalue weighted by Gasteiger charge is 2.15. The van der Waals surface area contributed by atoms with Gasteiger partial charge in [0.1, 0.15) is 6.10 Å². The van der Waals surface area contributed by atoms with Crippen LogP contribution in [0.4, 0.5) is 0 Å². The highest BCUT2D eigenvalue weighted by Crippen LogP contribution is 2.19. The molecule has 1 fully saturated rings. The van der Waals surface area contributed by atoms with E-state index in [9.17, 15) is 4.79 Å². The smallest absolute Gasteiger partial charge is 0.330 e. The van der Waals surface area contributed by atoms with Crippen LogP contribution in [-0.2, 0) is 9.53 Å². The molecule has 1 radical (unpaired) electrons.